The van der Waals surface area contributed by atoms with E-state index < -0.39 is 0 Å². The van der Waals surface area contributed by atoms with Crippen molar-refractivity contribution >= 4 is 16.9 Å². The van der Waals surface area contributed by atoms with Crippen LogP contribution in [-0.4, -0.2) is 29.7 Å². The molecule has 0 N–H and O–H groups in total. The quantitative estimate of drug-likeness (QED) is 0.570. The number of thioether (sulfide) groups is 1. The number of hydrogen-bond acceptors (Lipinski definition) is 2. The highest BCUT2D eigenvalue weighted by molar-refractivity contribution is 8.17. The summed E-state index contributed by atoms with van der Waals surface area (Å²) >= 11 is 1.75. The SMILES string of the molecule is C=C1SC(=NC)N2CCCCC12. The molecule has 2 rings (SSSR count). The molecule has 12 heavy (non-hydrogen) atoms. The van der Waals surface area contributed by atoms with Crippen molar-refractivity contribution in [1.82, 2.24) is 4.90 Å². The molecule has 1 atom stereocenters. The number of rotatable bonds is 0. The van der Waals surface area contributed by atoms with Crippen LogP contribution in [0, 0.1) is 0 Å². The van der Waals surface area contributed by atoms with Crippen LogP contribution in [0.5, 0.6) is 0 Å². The fourth-order valence-electron chi connectivity index (χ4n) is 1.91. The van der Waals surface area contributed by atoms with Gasteiger partial charge in [-0.05, 0) is 19.3 Å². The minimum atomic E-state index is 0.586. The highest BCUT2D eigenvalue weighted by atomic mass is 32.2. The Hall–Kier alpha value is -0.440. The van der Waals surface area contributed by atoms with E-state index in [1.807, 2.05) is 7.05 Å². The summed E-state index contributed by atoms with van der Waals surface area (Å²) in [6, 6.07) is 0.586. The van der Waals surface area contributed by atoms with Crippen molar-refractivity contribution in [2.75, 3.05) is 13.6 Å². The van der Waals surface area contributed by atoms with Crippen molar-refractivity contribution in [3.8, 4) is 0 Å². The zero-order valence-electron chi connectivity index (χ0n) is 7.42. The molecule has 0 aromatic rings. The topological polar surface area (TPSA) is 15.6 Å². The van der Waals surface area contributed by atoms with Crippen molar-refractivity contribution in [3.63, 3.8) is 0 Å². The van der Waals surface area contributed by atoms with Crippen LogP contribution in [0.4, 0.5) is 0 Å². The lowest BCUT2D eigenvalue weighted by molar-refractivity contribution is 0.290. The predicted octanol–water partition coefficient (Wildman–Crippen LogP) is 2.09. The summed E-state index contributed by atoms with van der Waals surface area (Å²) in [4.78, 5) is 7.95. The third kappa shape index (κ3) is 1.16. The van der Waals surface area contributed by atoms with Gasteiger partial charge in [0.25, 0.3) is 0 Å². The molecular formula is C9H14N2S. The average Bonchev–Trinajstić information content (AvgIpc) is 2.44. The highest BCUT2D eigenvalue weighted by Gasteiger charge is 2.34. The summed E-state index contributed by atoms with van der Waals surface area (Å²) in [6.45, 7) is 5.25. The maximum atomic E-state index is 4.27. The summed E-state index contributed by atoms with van der Waals surface area (Å²) in [5, 5.41) is 1.17. The molecule has 2 aliphatic rings. The molecule has 0 bridgehead atoms. The second-order valence-electron chi connectivity index (χ2n) is 3.28. The van der Waals surface area contributed by atoms with E-state index in [4.69, 9.17) is 0 Å². The van der Waals surface area contributed by atoms with Crippen LogP contribution >= 0.6 is 11.8 Å². The van der Waals surface area contributed by atoms with Crippen molar-refractivity contribution in [2.24, 2.45) is 4.99 Å². The smallest absolute Gasteiger partial charge is 0.164 e. The van der Waals surface area contributed by atoms with Gasteiger partial charge in [0.1, 0.15) is 0 Å². The van der Waals surface area contributed by atoms with Crippen LogP contribution in [0.3, 0.4) is 0 Å². The van der Waals surface area contributed by atoms with Crippen LogP contribution in [0.2, 0.25) is 0 Å². The van der Waals surface area contributed by atoms with Gasteiger partial charge in [0.2, 0.25) is 0 Å². The number of amidine groups is 1. The van der Waals surface area contributed by atoms with E-state index in [9.17, 15) is 0 Å². The van der Waals surface area contributed by atoms with E-state index in [2.05, 4.69) is 16.5 Å². The van der Waals surface area contributed by atoms with Crippen LogP contribution in [0.1, 0.15) is 19.3 Å². The van der Waals surface area contributed by atoms with Crippen LogP contribution in [0.25, 0.3) is 0 Å². The second kappa shape index (κ2) is 3.13. The Morgan fingerprint density at radius 3 is 3.17 bits per heavy atom. The number of hydrogen-bond donors (Lipinski definition) is 0. The molecular weight excluding hydrogens is 168 g/mol. The second-order valence-corrected chi connectivity index (χ2v) is 4.37. The van der Waals surface area contributed by atoms with Gasteiger partial charge in [0.05, 0.1) is 6.04 Å². The van der Waals surface area contributed by atoms with Gasteiger partial charge in [-0.25, -0.2) is 0 Å². The van der Waals surface area contributed by atoms with Crippen molar-refractivity contribution < 1.29 is 0 Å². The van der Waals surface area contributed by atoms with Gasteiger partial charge in [0.15, 0.2) is 5.17 Å². The van der Waals surface area contributed by atoms with Gasteiger partial charge in [-0.1, -0.05) is 18.3 Å². The first kappa shape index (κ1) is 8.17. The Morgan fingerprint density at radius 1 is 1.58 bits per heavy atom. The number of nitrogens with zero attached hydrogens (tertiary/aromatic N) is 2. The number of piperidine rings is 1. The molecule has 0 spiro atoms. The molecule has 0 radical (unpaired) electrons. The van der Waals surface area contributed by atoms with E-state index in [-0.39, 0.29) is 0 Å². The van der Waals surface area contributed by atoms with E-state index in [0.29, 0.717) is 6.04 Å². The van der Waals surface area contributed by atoms with Gasteiger partial charge in [0, 0.05) is 18.5 Å². The van der Waals surface area contributed by atoms with Crippen molar-refractivity contribution in [3.05, 3.63) is 11.5 Å². The summed E-state index contributed by atoms with van der Waals surface area (Å²) in [7, 11) is 1.87. The Labute approximate surface area is 77.7 Å². The summed E-state index contributed by atoms with van der Waals surface area (Å²) in [5.41, 5.74) is 0. The predicted molar refractivity (Wildman–Crippen MR) is 54.4 cm³/mol. The van der Waals surface area contributed by atoms with E-state index in [1.54, 1.807) is 11.8 Å². The summed E-state index contributed by atoms with van der Waals surface area (Å²) in [6.07, 6.45) is 3.92. The average molecular weight is 182 g/mol. The maximum Gasteiger partial charge on any atom is 0.164 e. The lowest BCUT2D eigenvalue weighted by atomic mass is 10.0. The first-order chi connectivity index (χ1) is 5.83. The molecule has 2 nitrogen and oxygen atoms in total. The van der Waals surface area contributed by atoms with Gasteiger partial charge >= 0.3 is 0 Å². The van der Waals surface area contributed by atoms with Crippen molar-refractivity contribution in [2.45, 2.75) is 25.3 Å². The third-order valence-electron chi connectivity index (χ3n) is 2.53. The molecule has 2 heterocycles. The molecule has 0 aliphatic carbocycles. The van der Waals surface area contributed by atoms with E-state index in [1.165, 1.54) is 35.9 Å². The first-order valence-electron chi connectivity index (χ1n) is 4.43. The van der Waals surface area contributed by atoms with Gasteiger partial charge in [-0.3, -0.25) is 4.99 Å². The maximum absolute atomic E-state index is 4.27. The highest BCUT2D eigenvalue weighted by Crippen LogP contribution is 2.38. The largest absolute Gasteiger partial charge is 0.344 e. The van der Waals surface area contributed by atoms with E-state index >= 15 is 0 Å². The first-order valence-corrected chi connectivity index (χ1v) is 5.24. The van der Waals surface area contributed by atoms with Crippen molar-refractivity contribution in [1.29, 1.82) is 0 Å². The van der Waals surface area contributed by atoms with Crippen LogP contribution in [-0.2, 0) is 0 Å². The molecule has 2 saturated heterocycles. The standard InChI is InChI=1S/C9H14N2S/c1-7-8-5-3-4-6-11(8)9(10-2)12-7/h8H,1,3-6H2,2H3. The molecule has 1 unspecified atom stereocenters. The van der Waals surface area contributed by atoms with Gasteiger partial charge in [-0.15, -0.1) is 0 Å². The fourth-order valence-corrected chi connectivity index (χ4v) is 2.96. The summed E-state index contributed by atoms with van der Waals surface area (Å²) in [5.74, 6) is 0. The minimum absolute atomic E-state index is 0.586. The zero-order chi connectivity index (χ0) is 8.55. The Bertz CT molecular complexity index is 235. The molecule has 0 aromatic heterocycles. The monoisotopic (exact) mass is 182 g/mol. The molecule has 0 aromatic carbocycles. The Balaban J connectivity index is 2.22. The molecule has 0 amide bonds. The summed E-state index contributed by atoms with van der Waals surface area (Å²) < 4.78 is 0. The number of aliphatic imine (C=N–C) groups is 1. The van der Waals surface area contributed by atoms with Gasteiger partial charge in [-0.2, -0.15) is 0 Å². The minimum Gasteiger partial charge on any atom is -0.344 e. The fraction of sp³-hybridized carbons (Fsp3) is 0.667. The lowest BCUT2D eigenvalue weighted by Crippen LogP contribution is -2.37. The molecule has 2 fully saturated rings. The van der Waals surface area contributed by atoms with Gasteiger partial charge < -0.3 is 4.90 Å². The zero-order valence-corrected chi connectivity index (χ0v) is 8.23. The normalized spacial score (nSPS) is 32.8. The van der Waals surface area contributed by atoms with E-state index in [0.717, 1.165) is 0 Å². The molecule has 66 valence electrons. The van der Waals surface area contributed by atoms with Crippen LogP contribution in [0.15, 0.2) is 16.5 Å². The number of fused-ring (bicyclic) bond motifs is 1. The molecule has 3 heteroatoms. The third-order valence-corrected chi connectivity index (χ3v) is 3.67. The Kier molecular flexibility index (Phi) is 2.13. The van der Waals surface area contributed by atoms with Crippen LogP contribution < -0.4 is 0 Å². The lowest BCUT2D eigenvalue weighted by Gasteiger charge is -2.30. The molecule has 0 saturated carbocycles. The Morgan fingerprint density at radius 2 is 2.42 bits per heavy atom. The molecule has 2 aliphatic heterocycles.